The fourth-order valence-corrected chi connectivity index (χ4v) is 5.25. The number of aryl methyl sites for hydroxylation is 1. The van der Waals surface area contributed by atoms with Gasteiger partial charge in [0.2, 0.25) is 11.8 Å². The molecule has 0 N–H and O–H groups in total. The summed E-state index contributed by atoms with van der Waals surface area (Å²) < 4.78 is 45.6. The van der Waals surface area contributed by atoms with Gasteiger partial charge in [0.05, 0.1) is 19.2 Å². The first kappa shape index (κ1) is 31.1. The normalized spacial score (nSPS) is 15.3. The van der Waals surface area contributed by atoms with Crippen LogP contribution in [-0.2, 0) is 35.3 Å². The number of fused-ring (bicyclic) bond motifs is 1. The first-order chi connectivity index (χ1) is 20.0. The van der Waals surface area contributed by atoms with Crippen molar-refractivity contribution in [2.24, 2.45) is 0 Å². The van der Waals surface area contributed by atoms with Crippen LogP contribution in [0.5, 0.6) is 5.75 Å². The minimum absolute atomic E-state index is 0.0554. The molecule has 0 spiro atoms. The van der Waals surface area contributed by atoms with E-state index in [2.05, 4.69) is 23.8 Å². The highest BCUT2D eigenvalue weighted by Crippen LogP contribution is 2.30. The molecular formula is C31H38F3N5O3. The molecule has 42 heavy (non-hydrogen) atoms. The van der Waals surface area contributed by atoms with Crippen molar-refractivity contribution < 1.29 is 27.5 Å². The highest BCUT2D eigenvalue weighted by atomic mass is 19.4. The number of alkyl halides is 3. The number of amides is 2. The molecule has 1 aliphatic rings. The van der Waals surface area contributed by atoms with Gasteiger partial charge >= 0.3 is 6.18 Å². The molecule has 3 aromatic rings. The lowest BCUT2D eigenvalue weighted by molar-refractivity contribution is -0.142. The lowest BCUT2D eigenvalue weighted by Crippen LogP contribution is -2.42. The number of para-hydroxylation sites is 1. The number of hydrogen-bond acceptors (Lipinski definition) is 5. The van der Waals surface area contributed by atoms with E-state index in [0.29, 0.717) is 25.4 Å². The minimum Gasteiger partial charge on any atom is -0.497 e. The van der Waals surface area contributed by atoms with Crippen molar-refractivity contribution in [3.8, 4) is 5.75 Å². The second-order valence-electron chi connectivity index (χ2n) is 10.8. The lowest BCUT2D eigenvalue weighted by Gasteiger charge is -2.30. The zero-order chi connectivity index (χ0) is 30.4. The fraction of sp³-hybridized carbons (Fsp3) is 0.452. The van der Waals surface area contributed by atoms with E-state index >= 15 is 0 Å². The van der Waals surface area contributed by atoms with E-state index in [1.54, 1.807) is 12.0 Å². The van der Waals surface area contributed by atoms with Gasteiger partial charge in [-0.25, -0.2) is 0 Å². The maximum Gasteiger partial charge on any atom is 0.435 e. The standard InChI is InChI=1S/C31H38F3N5O3/c1-22(2)36-14-6-15-39(28(40)19-24-9-11-26(42-4)12-10-24)30-23(3)7-5-8-25(30)20-37(18-17-36)29(41)21-38-16-13-27(35-38)31(32,33)34/h5,7-13,16,22H,6,14-15,17-21H2,1-4H3. The van der Waals surface area contributed by atoms with E-state index in [4.69, 9.17) is 4.74 Å². The van der Waals surface area contributed by atoms with Gasteiger partial charge in [-0.05, 0) is 62.1 Å². The van der Waals surface area contributed by atoms with E-state index < -0.39 is 11.9 Å². The van der Waals surface area contributed by atoms with Gasteiger partial charge in [-0.15, -0.1) is 0 Å². The number of carbonyl (C=O) groups excluding carboxylic acids is 2. The predicted molar refractivity (Wildman–Crippen MR) is 154 cm³/mol. The summed E-state index contributed by atoms with van der Waals surface area (Å²) in [5, 5.41) is 3.57. The molecule has 0 unspecified atom stereocenters. The Balaban J connectivity index is 1.65. The van der Waals surface area contributed by atoms with Crippen LogP contribution >= 0.6 is 0 Å². The van der Waals surface area contributed by atoms with E-state index in [0.717, 1.165) is 46.1 Å². The van der Waals surface area contributed by atoms with Crippen molar-refractivity contribution in [1.82, 2.24) is 19.6 Å². The number of carbonyl (C=O) groups is 2. The average molecular weight is 586 g/mol. The summed E-state index contributed by atoms with van der Waals surface area (Å²) in [4.78, 5) is 33.1. The van der Waals surface area contributed by atoms with Crippen molar-refractivity contribution in [3.63, 3.8) is 0 Å². The summed E-state index contributed by atoms with van der Waals surface area (Å²) in [5.74, 6) is 0.310. The van der Waals surface area contributed by atoms with Crippen LogP contribution in [0.1, 0.15) is 42.7 Å². The van der Waals surface area contributed by atoms with Gasteiger partial charge < -0.3 is 14.5 Å². The number of anilines is 1. The molecule has 0 bridgehead atoms. The van der Waals surface area contributed by atoms with Crippen LogP contribution in [0.25, 0.3) is 0 Å². The van der Waals surface area contributed by atoms with Crippen molar-refractivity contribution in [1.29, 1.82) is 0 Å². The summed E-state index contributed by atoms with van der Waals surface area (Å²) in [7, 11) is 1.59. The van der Waals surface area contributed by atoms with E-state index in [1.807, 2.05) is 54.3 Å². The SMILES string of the molecule is COc1ccc(CC(=O)N2CCCN(C(C)C)CCN(C(=O)Cn3ccc(C(F)(F)F)n3)Cc3cccc(C)c32)cc1. The van der Waals surface area contributed by atoms with Gasteiger partial charge in [0.25, 0.3) is 0 Å². The van der Waals surface area contributed by atoms with Crippen LogP contribution in [0.2, 0.25) is 0 Å². The number of aromatic nitrogens is 2. The molecule has 4 rings (SSSR count). The summed E-state index contributed by atoms with van der Waals surface area (Å²) in [6.07, 6.45) is -2.47. The highest BCUT2D eigenvalue weighted by Gasteiger charge is 2.34. The molecule has 1 aromatic heterocycles. The lowest BCUT2D eigenvalue weighted by atomic mass is 10.0. The minimum atomic E-state index is -4.58. The Bertz CT molecular complexity index is 1370. The average Bonchev–Trinajstić information content (AvgIpc) is 3.40. The zero-order valence-electron chi connectivity index (χ0n) is 24.5. The molecule has 0 radical (unpaired) electrons. The summed E-state index contributed by atoms with van der Waals surface area (Å²) in [6.45, 7) is 8.22. The number of ether oxygens (including phenoxy) is 1. The second-order valence-corrected chi connectivity index (χ2v) is 10.8. The Kier molecular flexibility index (Phi) is 9.93. The molecule has 11 heteroatoms. The van der Waals surface area contributed by atoms with Crippen LogP contribution in [0.3, 0.4) is 0 Å². The third-order valence-corrected chi connectivity index (χ3v) is 7.56. The molecule has 0 atom stereocenters. The molecule has 0 aliphatic carbocycles. The van der Waals surface area contributed by atoms with Crippen LogP contribution in [0.4, 0.5) is 18.9 Å². The number of nitrogens with zero attached hydrogens (tertiary/aromatic N) is 5. The number of rotatable bonds is 6. The molecular weight excluding hydrogens is 547 g/mol. The quantitative estimate of drug-likeness (QED) is 0.410. The Morgan fingerprint density at radius 3 is 2.36 bits per heavy atom. The van der Waals surface area contributed by atoms with Crippen molar-refractivity contribution in [2.45, 2.75) is 58.9 Å². The first-order valence-electron chi connectivity index (χ1n) is 14.1. The highest BCUT2D eigenvalue weighted by molar-refractivity contribution is 5.96. The van der Waals surface area contributed by atoms with Crippen LogP contribution in [0.15, 0.2) is 54.7 Å². The number of hydrogen-bond donors (Lipinski definition) is 0. The van der Waals surface area contributed by atoms with Crippen molar-refractivity contribution in [2.75, 3.05) is 38.2 Å². The molecule has 2 amide bonds. The van der Waals surface area contributed by atoms with Gasteiger partial charge in [-0.1, -0.05) is 30.3 Å². The number of benzene rings is 2. The number of halogens is 3. The Hall–Kier alpha value is -3.86. The predicted octanol–water partition coefficient (Wildman–Crippen LogP) is 4.94. The Labute approximate surface area is 244 Å². The van der Waals surface area contributed by atoms with Crippen LogP contribution < -0.4 is 9.64 Å². The van der Waals surface area contributed by atoms with Crippen molar-refractivity contribution in [3.05, 3.63) is 77.1 Å². The smallest absolute Gasteiger partial charge is 0.435 e. The van der Waals surface area contributed by atoms with Crippen LogP contribution in [-0.4, -0.2) is 70.7 Å². The van der Waals surface area contributed by atoms with Gasteiger partial charge in [-0.3, -0.25) is 19.2 Å². The molecule has 226 valence electrons. The van der Waals surface area contributed by atoms with Gasteiger partial charge in [-0.2, -0.15) is 18.3 Å². The third-order valence-electron chi connectivity index (χ3n) is 7.56. The second kappa shape index (κ2) is 13.4. The maximum atomic E-state index is 13.8. The molecule has 2 heterocycles. The van der Waals surface area contributed by atoms with E-state index in [1.165, 1.54) is 6.20 Å². The summed E-state index contributed by atoms with van der Waals surface area (Å²) in [5.41, 5.74) is 2.31. The van der Waals surface area contributed by atoms with Gasteiger partial charge in [0, 0.05) is 45.0 Å². The molecule has 0 saturated carbocycles. The maximum absolute atomic E-state index is 13.8. The first-order valence-corrected chi connectivity index (χ1v) is 14.1. The molecule has 0 saturated heterocycles. The zero-order valence-corrected chi connectivity index (χ0v) is 24.5. The molecule has 8 nitrogen and oxygen atoms in total. The Morgan fingerprint density at radius 1 is 0.976 bits per heavy atom. The Morgan fingerprint density at radius 2 is 1.71 bits per heavy atom. The van der Waals surface area contributed by atoms with E-state index in [-0.39, 0.29) is 37.4 Å². The largest absolute Gasteiger partial charge is 0.497 e. The topological polar surface area (TPSA) is 70.9 Å². The van der Waals surface area contributed by atoms with Crippen LogP contribution in [0, 0.1) is 6.92 Å². The van der Waals surface area contributed by atoms with Gasteiger partial charge in [0.1, 0.15) is 12.3 Å². The molecule has 2 aromatic carbocycles. The van der Waals surface area contributed by atoms with Gasteiger partial charge in [0.15, 0.2) is 5.69 Å². The molecule has 1 aliphatic heterocycles. The third kappa shape index (κ3) is 7.70. The van der Waals surface area contributed by atoms with Crippen molar-refractivity contribution >= 4 is 17.5 Å². The van der Waals surface area contributed by atoms with E-state index in [9.17, 15) is 22.8 Å². The monoisotopic (exact) mass is 585 g/mol. The fourth-order valence-electron chi connectivity index (χ4n) is 5.25. The summed E-state index contributed by atoms with van der Waals surface area (Å²) >= 11 is 0. The summed E-state index contributed by atoms with van der Waals surface area (Å²) in [6, 6.07) is 14.2. The number of methoxy groups -OCH3 is 1. The molecule has 0 fully saturated rings.